The highest BCUT2D eigenvalue weighted by atomic mass is 32.1. The summed E-state index contributed by atoms with van der Waals surface area (Å²) < 4.78 is 0. The van der Waals surface area contributed by atoms with Gasteiger partial charge in [-0.1, -0.05) is 25.5 Å². The molecule has 0 amide bonds. The van der Waals surface area contributed by atoms with Gasteiger partial charge in [0.2, 0.25) is 0 Å². The van der Waals surface area contributed by atoms with Crippen LogP contribution in [-0.4, -0.2) is 22.1 Å². The van der Waals surface area contributed by atoms with E-state index in [1.165, 1.54) is 44.1 Å². The Bertz CT molecular complexity index is 445. The Balaban J connectivity index is 1.95. The second kappa shape index (κ2) is 7.79. The summed E-state index contributed by atoms with van der Waals surface area (Å²) in [6.07, 6.45) is 7.46. The molecule has 1 fully saturated rings. The van der Waals surface area contributed by atoms with Gasteiger partial charge < -0.3 is 10.2 Å². The summed E-state index contributed by atoms with van der Waals surface area (Å²) in [5.74, 6) is 0. The van der Waals surface area contributed by atoms with Gasteiger partial charge in [0.1, 0.15) is 0 Å². The van der Waals surface area contributed by atoms with Crippen LogP contribution in [0.2, 0.25) is 0 Å². The summed E-state index contributed by atoms with van der Waals surface area (Å²) in [5.41, 5.74) is 2.51. The molecule has 1 aliphatic heterocycles. The summed E-state index contributed by atoms with van der Waals surface area (Å²) in [5, 5.41) is 4.28. The van der Waals surface area contributed by atoms with E-state index in [0.717, 1.165) is 10.8 Å². The average Bonchev–Trinajstić information content (AvgIpc) is 2.46. The number of nitrogens with zero attached hydrogens (tertiary/aromatic N) is 1. The van der Waals surface area contributed by atoms with Gasteiger partial charge in [-0.15, -0.1) is 0 Å². The van der Waals surface area contributed by atoms with Gasteiger partial charge >= 0.3 is 0 Å². The molecule has 21 heavy (non-hydrogen) atoms. The third kappa shape index (κ3) is 4.44. The molecule has 2 atom stereocenters. The maximum absolute atomic E-state index is 5.63. The van der Waals surface area contributed by atoms with Gasteiger partial charge in [-0.05, 0) is 75.9 Å². The highest BCUT2D eigenvalue weighted by Crippen LogP contribution is 2.23. The van der Waals surface area contributed by atoms with E-state index < -0.39 is 0 Å². The van der Waals surface area contributed by atoms with E-state index in [0.29, 0.717) is 12.1 Å². The number of anilines is 1. The van der Waals surface area contributed by atoms with Crippen LogP contribution in [0.4, 0.5) is 5.69 Å². The molecule has 1 aromatic rings. The molecular weight excluding hydrogens is 276 g/mol. The number of unbranched alkanes of at least 4 members (excludes halogenated alkanes) is 1. The van der Waals surface area contributed by atoms with Gasteiger partial charge in [0.15, 0.2) is 5.11 Å². The fourth-order valence-corrected chi connectivity index (χ4v) is 3.62. The highest BCUT2D eigenvalue weighted by Gasteiger charge is 2.26. The zero-order valence-electron chi connectivity index (χ0n) is 13.6. The summed E-state index contributed by atoms with van der Waals surface area (Å²) in [6, 6.07) is 9.80. The maximum atomic E-state index is 5.63. The zero-order chi connectivity index (χ0) is 15.2. The summed E-state index contributed by atoms with van der Waals surface area (Å²) in [6.45, 7) is 6.78. The zero-order valence-corrected chi connectivity index (χ0v) is 14.4. The van der Waals surface area contributed by atoms with Crippen molar-refractivity contribution in [3.63, 3.8) is 0 Å². The van der Waals surface area contributed by atoms with E-state index in [-0.39, 0.29) is 0 Å². The van der Waals surface area contributed by atoms with Crippen LogP contribution in [0, 0.1) is 0 Å². The van der Waals surface area contributed by atoms with Crippen molar-refractivity contribution in [2.24, 2.45) is 0 Å². The molecule has 0 aromatic heterocycles. The van der Waals surface area contributed by atoms with Crippen molar-refractivity contribution in [1.29, 1.82) is 0 Å². The fraction of sp³-hybridized carbons (Fsp3) is 0.611. The number of aryl methyl sites for hydroxylation is 1. The molecule has 0 saturated carbocycles. The van der Waals surface area contributed by atoms with Crippen molar-refractivity contribution in [3.05, 3.63) is 29.8 Å². The van der Waals surface area contributed by atoms with Crippen LogP contribution in [0.25, 0.3) is 0 Å². The van der Waals surface area contributed by atoms with Crippen LogP contribution in [0.15, 0.2) is 24.3 Å². The normalized spacial score (nSPS) is 22.1. The molecule has 0 radical (unpaired) electrons. The van der Waals surface area contributed by atoms with E-state index in [4.69, 9.17) is 12.2 Å². The topological polar surface area (TPSA) is 15.3 Å². The molecule has 0 bridgehead atoms. The minimum atomic E-state index is 0.539. The predicted molar refractivity (Wildman–Crippen MR) is 95.9 cm³/mol. The number of hydrogen-bond acceptors (Lipinski definition) is 1. The number of rotatable bonds is 4. The van der Waals surface area contributed by atoms with Crippen molar-refractivity contribution in [2.75, 3.05) is 5.32 Å². The Morgan fingerprint density at radius 3 is 2.38 bits per heavy atom. The summed E-state index contributed by atoms with van der Waals surface area (Å²) in [7, 11) is 0. The lowest BCUT2D eigenvalue weighted by atomic mass is 9.98. The molecule has 1 heterocycles. The minimum Gasteiger partial charge on any atom is -0.344 e. The molecule has 2 nitrogen and oxygen atoms in total. The molecule has 1 N–H and O–H groups in total. The van der Waals surface area contributed by atoms with Crippen molar-refractivity contribution in [1.82, 2.24) is 4.90 Å². The standard InChI is InChI=1S/C18H28N2S/c1-4-5-9-16-10-12-17(13-11-16)19-18(21)20-14(2)7-6-8-15(20)3/h10-15H,4-9H2,1-3H3,(H,19,21). The molecule has 2 unspecified atom stereocenters. The Morgan fingerprint density at radius 2 is 1.81 bits per heavy atom. The first-order chi connectivity index (χ1) is 10.1. The van der Waals surface area contributed by atoms with E-state index in [1.54, 1.807) is 0 Å². The number of likely N-dealkylation sites (tertiary alicyclic amines) is 1. The summed E-state index contributed by atoms with van der Waals surface area (Å²) in [4.78, 5) is 2.36. The van der Waals surface area contributed by atoms with E-state index in [9.17, 15) is 0 Å². The Kier molecular flexibility index (Phi) is 6.04. The number of piperidine rings is 1. The molecular formula is C18H28N2S. The largest absolute Gasteiger partial charge is 0.344 e. The lowest BCUT2D eigenvalue weighted by Gasteiger charge is -2.40. The molecule has 1 saturated heterocycles. The van der Waals surface area contributed by atoms with Crippen molar-refractivity contribution >= 4 is 23.0 Å². The van der Waals surface area contributed by atoms with Crippen LogP contribution < -0.4 is 5.32 Å². The second-order valence-corrected chi connectivity index (χ2v) is 6.65. The SMILES string of the molecule is CCCCc1ccc(NC(=S)N2C(C)CCCC2C)cc1. The first-order valence-electron chi connectivity index (χ1n) is 8.30. The Morgan fingerprint density at radius 1 is 1.19 bits per heavy atom. The van der Waals surface area contributed by atoms with Gasteiger partial charge in [0.25, 0.3) is 0 Å². The smallest absolute Gasteiger partial charge is 0.173 e. The van der Waals surface area contributed by atoms with Crippen LogP contribution in [-0.2, 0) is 6.42 Å². The Hall–Kier alpha value is -1.09. The average molecular weight is 305 g/mol. The van der Waals surface area contributed by atoms with E-state index in [1.807, 2.05) is 0 Å². The lowest BCUT2D eigenvalue weighted by molar-refractivity contribution is 0.194. The van der Waals surface area contributed by atoms with Gasteiger partial charge in [-0.2, -0.15) is 0 Å². The molecule has 116 valence electrons. The maximum Gasteiger partial charge on any atom is 0.173 e. The van der Waals surface area contributed by atoms with Crippen molar-refractivity contribution in [3.8, 4) is 0 Å². The number of nitrogens with one attached hydrogen (secondary N) is 1. The Labute approximate surface area is 134 Å². The van der Waals surface area contributed by atoms with E-state index in [2.05, 4.69) is 55.3 Å². The van der Waals surface area contributed by atoms with Crippen LogP contribution in [0.1, 0.15) is 58.4 Å². The summed E-state index contributed by atoms with van der Waals surface area (Å²) >= 11 is 5.63. The van der Waals surface area contributed by atoms with Crippen molar-refractivity contribution in [2.45, 2.75) is 71.4 Å². The van der Waals surface area contributed by atoms with Crippen molar-refractivity contribution < 1.29 is 0 Å². The molecule has 2 rings (SSSR count). The minimum absolute atomic E-state index is 0.539. The first kappa shape index (κ1) is 16.3. The van der Waals surface area contributed by atoms with Crippen LogP contribution >= 0.6 is 12.2 Å². The quantitative estimate of drug-likeness (QED) is 0.789. The monoisotopic (exact) mass is 304 g/mol. The van der Waals surface area contributed by atoms with Crippen LogP contribution in [0.5, 0.6) is 0 Å². The highest BCUT2D eigenvalue weighted by molar-refractivity contribution is 7.80. The van der Waals surface area contributed by atoms with Gasteiger partial charge in [-0.25, -0.2) is 0 Å². The second-order valence-electron chi connectivity index (χ2n) is 6.27. The third-order valence-corrected chi connectivity index (χ3v) is 4.77. The predicted octanol–water partition coefficient (Wildman–Crippen LogP) is 4.99. The molecule has 3 heteroatoms. The third-order valence-electron chi connectivity index (χ3n) is 4.45. The van der Waals surface area contributed by atoms with Crippen LogP contribution in [0.3, 0.4) is 0 Å². The first-order valence-corrected chi connectivity index (χ1v) is 8.71. The number of hydrogen-bond donors (Lipinski definition) is 1. The fourth-order valence-electron chi connectivity index (χ4n) is 3.15. The van der Waals surface area contributed by atoms with Gasteiger partial charge in [0.05, 0.1) is 0 Å². The molecule has 1 aromatic carbocycles. The van der Waals surface area contributed by atoms with Gasteiger partial charge in [0, 0.05) is 17.8 Å². The number of thiocarbonyl (C=S) groups is 1. The number of benzene rings is 1. The lowest BCUT2D eigenvalue weighted by Crippen LogP contribution is -2.49. The van der Waals surface area contributed by atoms with E-state index >= 15 is 0 Å². The molecule has 1 aliphatic rings. The van der Waals surface area contributed by atoms with Gasteiger partial charge in [-0.3, -0.25) is 0 Å². The molecule has 0 spiro atoms. The molecule has 0 aliphatic carbocycles.